The molecule has 0 saturated heterocycles. The van der Waals surface area contributed by atoms with Gasteiger partial charge in [0.05, 0.1) is 27.2 Å². The van der Waals surface area contributed by atoms with Gasteiger partial charge in [0.25, 0.3) is 0 Å². The molecule has 0 radical (unpaired) electrons. The molecular formula is C16H13Cl3N2OS. The summed E-state index contributed by atoms with van der Waals surface area (Å²) in [7, 11) is 0. The normalized spacial score (nSPS) is 10.3. The van der Waals surface area contributed by atoms with Crippen LogP contribution in [0.3, 0.4) is 0 Å². The number of benzene rings is 2. The average molecular weight is 388 g/mol. The number of aryl methyl sites for hydroxylation is 1. The molecule has 0 bridgehead atoms. The van der Waals surface area contributed by atoms with E-state index in [1.807, 2.05) is 31.2 Å². The first-order chi connectivity index (χ1) is 10.9. The van der Waals surface area contributed by atoms with Crippen LogP contribution in [0.25, 0.3) is 0 Å². The Morgan fingerprint density at radius 1 is 1.09 bits per heavy atom. The zero-order chi connectivity index (χ0) is 17.0. The van der Waals surface area contributed by atoms with Crippen LogP contribution in [-0.4, -0.2) is 11.0 Å². The van der Waals surface area contributed by atoms with Crippen molar-refractivity contribution in [1.29, 1.82) is 0 Å². The topological polar surface area (TPSA) is 41.1 Å². The molecule has 2 aromatic carbocycles. The van der Waals surface area contributed by atoms with Gasteiger partial charge in [-0.15, -0.1) is 0 Å². The van der Waals surface area contributed by atoms with E-state index >= 15 is 0 Å². The van der Waals surface area contributed by atoms with Gasteiger partial charge in [0.2, 0.25) is 5.91 Å². The lowest BCUT2D eigenvalue weighted by Gasteiger charge is -2.12. The number of anilines is 1. The maximum Gasteiger partial charge on any atom is 0.230 e. The fourth-order valence-corrected chi connectivity index (χ4v) is 2.74. The standard InChI is InChI=1S/C16H13Cl3N2OS/c1-9-4-2-3-5-10(9)6-15(22)21-16(23)20-14-8-12(18)11(17)7-13(14)19/h2-5,7-8H,6H2,1H3,(H2,20,21,22,23). The Labute approximate surface area is 154 Å². The number of amides is 1. The molecule has 0 saturated carbocycles. The summed E-state index contributed by atoms with van der Waals surface area (Å²) in [6.45, 7) is 1.95. The zero-order valence-corrected chi connectivity index (χ0v) is 15.2. The lowest BCUT2D eigenvalue weighted by molar-refractivity contribution is -0.119. The average Bonchev–Trinajstić information content (AvgIpc) is 2.47. The van der Waals surface area contributed by atoms with Crippen LogP contribution in [0.15, 0.2) is 36.4 Å². The van der Waals surface area contributed by atoms with E-state index < -0.39 is 0 Å². The SMILES string of the molecule is Cc1ccccc1CC(=O)NC(=S)Nc1cc(Cl)c(Cl)cc1Cl. The first kappa shape index (κ1) is 18.0. The van der Waals surface area contributed by atoms with E-state index in [1.54, 1.807) is 6.07 Å². The molecule has 2 aromatic rings. The molecule has 0 fully saturated rings. The first-order valence-corrected chi connectivity index (χ1v) is 8.21. The van der Waals surface area contributed by atoms with Gasteiger partial charge in [-0.2, -0.15) is 0 Å². The van der Waals surface area contributed by atoms with E-state index in [2.05, 4.69) is 10.6 Å². The van der Waals surface area contributed by atoms with Crippen molar-refractivity contribution in [2.45, 2.75) is 13.3 Å². The second-order valence-corrected chi connectivity index (χ2v) is 6.48. The van der Waals surface area contributed by atoms with Crippen LogP contribution in [-0.2, 0) is 11.2 Å². The van der Waals surface area contributed by atoms with Crippen LogP contribution >= 0.6 is 47.0 Å². The summed E-state index contributed by atoms with van der Waals surface area (Å²) in [6.07, 6.45) is 0.240. The van der Waals surface area contributed by atoms with E-state index in [9.17, 15) is 4.79 Å². The molecule has 0 spiro atoms. The quantitative estimate of drug-likeness (QED) is 0.574. The number of nitrogens with one attached hydrogen (secondary N) is 2. The highest BCUT2D eigenvalue weighted by Crippen LogP contribution is 2.32. The highest BCUT2D eigenvalue weighted by atomic mass is 35.5. The Hall–Kier alpha value is -1.33. The number of carbonyl (C=O) groups is 1. The van der Waals surface area contributed by atoms with Gasteiger partial charge < -0.3 is 10.6 Å². The van der Waals surface area contributed by atoms with Crippen molar-refractivity contribution in [1.82, 2.24) is 5.32 Å². The Balaban J connectivity index is 1.98. The van der Waals surface area contributed by atoms with E-state index in [-0.39, 0.29) is 17.4 Å². The van der Waals surface area contributed by atoms with Crippen molar-refractivity contribution in [3.63, 3.8) is 0 Å². The molecule has 0 atom stereocenters. The molecule has 0 aliphatic carbocycles. The minimum atomic E-state index is -0.215. The van der Waals surface area contributed by atoms with Gasteiger partial charge in [0, 0.05) is 0 Å². The van der Waals surface area contributed by atoms with Crippen LogP contribution in [0.1, 0.15) is 11.1 Å². The Morgan fingerprint density at radius 2 is 1.74 bits per heavy atom. The van der Waals surface area contributed by atoms with Gasteiger partial charge in [-0.25, -0.2) is 0 Å². The van der Waals surface area contributed by atoms with Gasteiger partial charge in [-0.1, -0.05) is 59.1 Å². The molecule has 120 valence electrons. The summed E-state index contributed by atoms with van der Waals surface area (Å²) in [4.78, 5) is 12.1. The van der Waals surface area contributed by atoms with Crippen LogP contribution in [0, 0.1) is 6.92 Å². The van der Waals surface area contributed by atoms with Gasteiger partial charge in [0.1, 0.15) is 0 Å². The zero-order valence-electron chi connectivity index (χ0n) is 12.1. The maximum atomic E-state index is 12.1. The molecule has 0 aromatic heterocycles. The molecule has 0 aliphatic rings. The predicted molar refractivity (Wildman–Crippen MR) is 101 cm³/mol. The van der Waals surface area contributed by atoms with Gasteiger partial charge in [-0.3, -0.25) is 4.79 Å². The van der Waals surface area contributed by atoms with Crippen molar-refractivity contribution in [2.24, 2.45) is 0 Å². The summed E-state index contributed by atoms with van der Waals surface area (Å²) < 4.78 is 0. The highest BCUT2D eigenvalue weighted by molar-refractivity contribution is 7.80. The minimum Gasteiger partial charge on any atom is -0.331 e. The minimum absolute atomic E-state index is 0.142. The lowest BCUT2D eigenvalue weighted by Crippen LogP contribution is -2.35. The number of rotatable bonds is 3. The smallest absolute Gasteiger partial charge is 0.230 e. The summed E-state index contributed by atoms with van der Waals surface area (Å²) >= 11 is 23.0. The first-order valence-electron chi connectivity index (χ1n) is 6.66. The summed E-state index contributed by atoms with van der Waals surface area (Å²) in [6, 6.07) is 10.7. The fraction of sp³-hybridized carbons (Fsp3) is 0.125. The van der Waals surface area contributed by atoms with E-state index in [0.29, 0.717) is 20.8 Å². The van der Waals surface area contributed by atoms with Gasteiger partial charge in [-0.05, 0) is 42.4 Å². The van der Waals surface area contributed by atoms with Gasteiger partial charge in [0.15, 0.2) is 5.11 Å². The molecule has 0 heterocycles. The van der Waals surface area contributed by atoms with Crippen LogP contribution < -0.4 is 10.6 Å². The number of carbonyl (C=O) groups excluding carboxylic acids is 1. The van der Waals surface area contributed by atoms with Crippen molar-refractivity contribution < 1.29 is 4.79 Å². The predicted octanol–water partition coefficient (Wildman–Crippen LogP) is 5.01. The third kappa shape index (κ3) is 5.08. The summed E-state index contributed by atoms with van der Waals surface area (Å²) in [5, 5.41) is 6.63. The molecule has 1 amide bonds. The van der Waals surface area contributed by atoms with E-state index in [0.717, 1.165) is 11.1 Å². The maximum absolute atomic E-state index is 12.1. The Bertz CT molecular complexity index is 765. The number of hydrogen-bond acceptors (Lipinski definition) is 2. The van der Waals surface area contributed by atoms with Crippen LogP contribution in [0.5, 0.6) is 0 Å². The third-order valence-corrected chi connectivity index (χ3v) is 4.36. The molecule has 3 nitrogen and oxygen atoms in total. The highest BCUT2D eigenvalue weighted by Gasteiger charge is 2.10. The summed E-state index contributed by atoms with van der Waals surface area (Å²) in [5.41, 5.74) is 2.47. The van der Waals surface area contributed by atoms with Crippen LogP contribution in [0.2, 0.25) is 15.1 Å². The molecule has 2 N–H and O–H groups in total. The Kier molecular flexibility index (Phi) is 6.25. The number of hydrogen-bond donors (Lipinski definition) is 2. The molecule has 23 heavy (non-hydrogen) atoms. The van der Waals surface area contributed by atoms with E-state index in [1.165, 1.54) is 6.07 Å². The molecule has 2 rings (SSSR count). The monoisotopic (exact) mass is 386 g/mol. The second kappa shape index (κ2) is 7.97. The summed E-state index contributed by atoms with van der Waals surface area (Å²) in [5.74, 6) is -0.215. The van der Waals surface area contributed by atoms with Crippen molar-refractivity contribution in [3.05, 3.63) is 62.6 Å². The molecule has 7 heteroatoms. The number of thiocarbonyl (C=S) groups is 1. The van der Waals surface area contributed by atoms with Crippen molar-refractivity contribution in [2.75, 3.05) is 5.32 Å². The number of halogens is 3. The second-order valence-electron chi connectivity index (χ2n) is 4.85. The van der Waals surface area contributed by atoms with Crippen LogP contribution in [0.4, 0.5) is 5.69 Å². The van der Waals surface area contributed by atoms with E-state index in [4.69, 9.17) is 47.0 Å². The fourth-order valence-electron chi connectivity index (χ4n) is 1.92. The largest absolute Gasteiger partial charge is 0.331 e. The van der Waals surface area contributed by atoms with Crippen molar-refractivity contribution in [3.8, 4) is 0 Å². The lowest BCUT2D eigenvalue weighted by atomic mass is 10.1. The molecular weight excluding hydrogens is 375 g/mol. The third-order valence-electron chi connectivity index (χ3n) is 3.12. The molecule has 0 aliphatic heterocycles. The Morgan fingerprint density at radius 3 is 2.43 bits per heavy atom. The molecule has 0 unspecified atom stereocenters. The van der Waals surface area contributed by atoms with Crippen molar-refractivity contribution >= 4 is 63.7 Å². The van der Waals surface area contributed by atoms with Gasteiger partial charge >= 0.3 is 0 Å².